The van der Waals surface area contributed by atoms with Crippen LogP contribution in [-0.4, -0.2) is 22.0 Å². The average molecular weight is 407 g/mol. The van der Waals surface area contributed by atoms with Gasteiger partial charge in [-0.05, 0) is 62.1 Å². The fraction of sp³-hybridized carbons (Fsp3) is 0.333. The lowest BCUT2D eigenvalue weighted by Crippen LogP contribution is -2.42. The van der Waals surface area contributed by atoms with Crippen LogP contribution in [0.3, 0.4) is 0 Å². The SMILES string of the molecule is Cc1cc(C)c2cc(CN(C(=O)Nc3ccccc3F)C3CCCC3)c(=O)[nH]c2c1. The van der Waals surface area contributed by atoms with Crippen molar-refractivity contribution in [3.63, 3.8) is 0 Å². The summed E-state index contributed by atoms with van der Waals surface area (Å²) in [6, 6.07) is 11.7. The van der Waals surface area contributed by atoms with Gasteiger partial charge in [0.2, 0.25) is 0 Å². The molecule has 2 amide bonds. The van der Waals surface area contributed by atoms with Crippen LogP contribution >= 0.6 is 0 Å². The number of aryl methyl sites for hydroxylation is 2. The first-order valence-corrected chi connectivity index (χ1v) is 10.4. The molecule has 4 rings (SSSR count). The molecule has 1 heterocycles. The minimum atomic E-state index is -0.480. The second-order valence-corrected chi connectivity index (χ2v) is 8.14. The maximum Gasteiger partial charge on any atom is 0.322 e. The second kappa shape index (κ2) is 8.30. The summed E-state index contributed by atoms with van der Waals surface area (Å²) in [5, 5.41) is 3.65. The van der Waals surface area contributed by atoms with Crippen molar-refractivity contribution >= 4 is 22.6 Å². The molecule has 0 unspecified atom stereocenters. The molecule has 1 aromatic heterocycles. The van der Waals surface area contributed by atoms with Gasteiger partial charge in [0.15, 0.2) is 0 Å². The van der Waals surface area contributed by atoms with Crippen LogP contribution < -0.4 is 10.9 Å². The van der Waals surface area contributed by atoms with Crippen molar-refractivity contribution in [2.45, 2.75) is 52.1 Å². The molecule has 0 spiro atoms. The molecule has 1 fully saturated rings. The van der Waals surface area contributed by atoms with Crippen molar-refractivity contribution in [1.82, 2.24) is 9.88 Å². The van der Waals surface area contributed by atoms with Crippen molar-refractivity contribution < 1.29 is 9.18 Å². The Morgan fingerprint density at radius 2 is 1.90 bits per heavy atom. The smallest absolute Gasteiger partial charge is 0.322 e. The molecule has 1 saturated carbocycles. The third kappa shape index (κ3) is 4.08. The molecule has 0 atom stereocenters. The largest absolute Gasteiger partial charge is 0.322 e. The van der Waals surface area contributed by atoms with Crippen molar-refractivity contribution in [1.29, 1.82) is 0 Å². The quantitative estimate of drug-likeness (QED) is 0.619. The number of benzene rings is 2. The molecule has 5 nitrogen and oxygen atoms in total. The lowest BCUT2D eigenvalue weighted by atomic mass is 10.0. The van der Waals surface area contributed by atoms with Gasteiger partial charge in [-0.25, -0.2) is 9.18 Å². The van der Waals surface area contributed by atoms with E-state index < -0.39 is 5.82 Å². The Bertz CT molecular complexity index is 1150. The van der Waals surface area contributed by atoms with Crippen molar-refractivity contribution in [2.24, 2.45) is 0 Å². The predicted octanol–water partition coefficient (Wildman–Crippen LogP) is 5.26. The number of halogens is 1. The van der Waals surface area contributed by atoms with E-state index in [1.54, 1.807) is 17.0 Å². The molecule has 0 radical (unpaired) electrons. The zero-order chi connectivity index (χ0) is 21.3. The van der Waals surface area contributed by atoms with Gasteiger partial charge in [-0.3, -0.25) is 4.79 Å². The van der Waals surface area contributed by atoms with Gasteiger partial charge >= 0.3 is 6.03 Å². The molecule has 3 aromatic rings. The number of H-pyrrole nitrogens is 1. The van der Waals surface area contributed by atoms with E-state index in [0.29, 0.717) is 5.56 Å². The first-order valence-electron chi connectivity index (χ1n) is 10.4. The summed E-state index contributed by atoms with van der Waals surface area (Å²) in [6.45, 7) is 4.19. The van der Waals surface area contributed by atoms with E-state index >= 15 is 0 Å². The summed E-state index contributed by atoms with van der Waals surface area (Å²) in [5.74, 6) is -0.480. The molecular formula is C24H26FN3O2. The average Bonchev–Trinajstić information content (AvgIpc) is 3.22. The number of aromatic amines is 1. The molecule has 30 heavy (non-hydrogen) atoms. The third-order valence-corrected chi connectivity index (χ3v) is 5.87. The highest BCUT2D eigenvalue weighted by Gasteiger charge is 2.28. The van der Waals surface area contributed by atoms with Gasteiger partial charge in [0, 0.05) is 22.5 Å². The van der Waals surface area contributed by atoms with Gasteiger partial charge in [-0.2, -0.15) is 0 Å². The maximum absolute atomic E-state index is 14.0. The first kappa shape index (κ1) is 20.1. The summed E-state index contributed by atoms with van der Waals surface area (Å²) in [4.78, 5) is 30.5. The Balaban J connectivity index is 1.67. The summed E-state index contributed by atoms with van der Waals surface area (Å²) in [5.41, 5.74) is 3.43. The van der Waals surface area contributed by atoms with Crippen LogP contribution in [0.4, 0.5) is 14.9 Å². The monoisotopic (exact) mass is 407 g/mol. The maximum atomic E-state index is 14.0. The number of amides is 2. The van der Waals surface area contributed by atoms with Crippen LogP contribution in [0.1, 0.15) is 42.4 Å². The number of hydrogen-bond donors (Lipinski definition) is 2. The number of urea groups is 1. The normalized spacial score (nSPS) is 14.2. The highest BCUT2D eigenvalue weighted by Crippen LogP contribution is 2.27. The van der Waals surface area contributed by atoms with E-state index in [9.17, 15) is 14.0 Å². The third-order valence-electron chi connectivity index (χ3n) is 5.87. The Labute approximate surface area is 174 Å². The standard InChI is InChI=1S/C24H26FN3O2/c1-15-11-16(2)19-13-17(23(29)26-22(19)12-15)14-28(18-7-3-4-8-18)24(30)27-21-10-6-5-9-20(21)25/h5-6,9-13,18H,3-4,7-8,14H2,1-2H3,(H,26,29)(H,27,30). The Morgan fingerprint density at radius 3 is 2.63 bits per heavy atom. The molecule has 6 heteroatoms. The summed E-state index contributed by atoms with van der Waals surface area (Å²) in [7, 11) is 0. The number of fused-ring (bicyclic) bond motifs is 1. The van der Waals surface area contributed by atoms with Crippen LogP contribution in [0.25, 0.3) is 10.9 Å². The Morgan fingerprint density at radius 1 is 1.17 bits per heavy atom. The molecule has 156 valence electrons. The van der Waals surface area contributed by atoms with Crippen LogP contribution in [-0.2, 0) is 6.54 Å². The van der Waals surface area contributed by atoms with E-state index in [4.69, 9.17) is 0 Å². The first-order chi connectivity index (χ1) is 14.4. The molecule has 2 N–H and O–H groups in total. The lowest BCUT2D eigenvalue weighted by molar-refractivity contribution is 0.184. The highest BCUT2D eigenvalue weighted by molar-refractivity contribution is 5.90. The molecule has 1 aliphatic carbocycles. The van der Waals surface area contributed by atoms with E-state index in [1.165, 1.54) is 12.1 Å². The zero-order valence-corrected chi connectivity index (χ0v) is 17.3. The molecule has 0 aliphatic heterocycles. The summed E-state index contributed by atoms with van der Waals surface area (Å²) in [6.07, 6.45) is 3.85. The molecular weight excluding hydrogens is 381 g/mol. The number of aromatic nitrogens is 1. The summed E-state index contributed by atoms with van der Waals surface area (Å²) < 4.78 is 14.0. The van der Waals surface area contributed by atoms with E-state index in [-0.39, 0.29) is 29.9 Å². The van der Waals surface area contributed by atoms with Gasteiger partial charge in [-0.1, -0.05) is 31.0 Å². The van der Waals surface area contributed by atoms with Crippen LogP contribution in [0.2, 0.25) is 0 Å². The number of carbonyl (C=O) groups is 1. The van der Waals surface area contributed by atoms with Crippen LogP contribution in [0.5, 0.6) is 0 Å². The van der Waals surface area contributed by atoms with Gasteiger partial charge in [0.05, 0.1) is 12.2 Å². The number of nitrogens with zero attached hydrogens (tertiary/aromatic N) is 1. The minimum Gasteiger partial charge on any atom is -0.322 e. The minimum absolute atomic E-state index is 0.0333. The van der Waals surface area contributed by atoms with Gasteiger partial charge in [0.1, 0.15) is 5.82 Å². The Kier molecular flexibility index (Phi) is 5.57. The van der Waals surface area contributed by atoms with Crippen LogP contribution in [0, 0.1) is 19.7 Å². The fourth-order valence-electron chi connectivity index (χ4n) is 4.35. The van der Waals surface area contributed by atoms with Gasteiger partial charge in [0.25, 0.3) is 5.56 Å². The number of nitrogens with one attached hydrogen (secondary N) is 2. The van der Waals surface area contributed by atoms with E-state index in [2.05, 4.69) is 16.4 Å². The van der Waals surface area contributed by atoms with Crippen molar-refractivity contribution in [2.75, 3.05) is 5.32 Å². The molecule has 2 aromatic carbocycles. The zero-order valence-electron chi connectivity index (χ0n) is 17.3. The number of pyridine rings is 1. The Hall–Kier alpha value is -3.15. The number of para-hydroxylation sites is 1. The number of anilines is 1. The van der Waals surface area contributed by atoms with Crippen LogP contribution in [0.15, 0.2) is 47.3 Å². The van der Waals surface area contributed by atoms with Crippen molar-refractivity contribution in [3.8, 4) is 0 Å². The number of carbonyl (C=O) groups excluding carboxylic acids is 1. The number of rotatable bonds is 4. The predicted molar refractivity (Wildman–Crippen MR) is 117 cm³/mol. The number of hydrogen-bond acceptors (Lipinski definition) is 2. The van der Waals surface area contributed by atoms with Gasteiger partial charge < -0.3 is 15.2 Å². The summed E-state index contributed by atoms with van der Waals surface area (Å²) >= 11 is 0. The van der Waals surface area contributed by atoms with E-state index in [0.717, 1.165) is 47.7 Å². The molecule has 0 bridgehead atoms. The van der Waals surface area contributed by atoms with Gasteiger partial charge in [-0.15, -0.1) is 0 Å². The molecule has 1 aliphatic rings. The second-order valence-electron chi connectivity index (χ2n) is 8.14. The van der Waals surface area contributed by atoms with Crippen molar-refractivity contribution in [3.05, 3.63) is 75.3 Å². The lowest BCUT2D eigenvalue weighted by Gasteiger charge is -2.29. The fourth-order valence-corrected chi connectivity index (χ4v) is 4.35. The highest BCUT2D eigenvalue weighted by atomic mass is 19.1. The molecule has 0 saturated heterocycles. The van der Waals surface area contributed by atoms with E-state index in [1.807, 2.05) is 26.0 Å². The topological polar surface area (TPSA) is 65.2 Å².